The molecule has 0 spiro atoms. The molecule has 3 aliphatic rings. The Balaban J connectivity index is 1.21. The largest absolute Gasteiger partial charge is 0.315 e. The molecule has 2 aromatic rings. The summed E-state index contributed by atoms with van der Waals surface area (Å²) in [6, 6.07) is 22.6. The molecule has 2 N–H and O–H groups in total. The molecule has 2 nitrogen and oxygen atoms in total. The first kappa shape index (κ1) is 20.6. The van der Waals surface area contributed by atoms with Crippen molar-refractivity contribution in [3.63, 3.8) is 0 Å². The van der Waals surface area contributed by atoms with E-state index in [1.54, 1.807) is 0 Å². The summed E-state index contributed by atoms with van der Waals surface area (Å²) in [5.74, 6) is 3.14. The van der Waals surface area contributed by atoms with Crippen LogP contribution in [0.25, 0.3) is 0 Å². The normalized spacial score (nSPS) is 27.6. The first-order chi connectivity index (χ1) is 14.1. The lowest BCUT2D eigenvalue weighted by atomic mass is 9.45. The van der Waals surface area contributed by atoms with Gasteiger partial charge in [0.05, 0.1) is 0 Å². The van der Waals surface area contributed by atoms with Gasteiger partial charge < -0.3 is 10.6 Å². The average molecular weight is 391 g/mol. The fourth-order valence-corrected chi connectivity index (χ4v) is 6.03. The van der Waals surface area contributed by atoms with Crippen molar-refractivity contribution in [2.24, 2.45) is 23.2 Å². The number of rotatable bonds is 9. The molecule has 156 valence electrons. The van der Waals surface area contributed by atoms with Gasteiger partial charge in [-0.05, 0) is 60.1 Å². The maximum Gasteiger partial charge on any atom is 0.0101 e. The monoisotopic (exact) mass is 390 g/mol. The molecule has 0 amide bonds. The SMILES string of the molecule is C[C@@H]1C2C[C@H](C[C@H]1NCCNCCC(c1ccccc1)c1ccccc1)C2(C)C. The molecule has 4 atom stereocenters. The van der Waals surface area contributed by atoms with Crippen LogP contribution < -0.4 is 10.6 Å². The average Bonchev–Trinajstić information content (AvgIpc) is 2.75. The Kier molecular flexibility index (Phi) is 6.41. The zero-order valence-corrected chi connectivity index (χ0v) is 18.4. The van der Waals surface area contributed by atoms with Crippen LogP contribution in [0.5, 0.6) is 0 Å². The van der Waals surface area contributed by atoms with Crippen molar-refractivity contribution in [1.29, 1.82) is 0 Å². The van der Waals surface area contributed by atoms with Crippen molar-refractivity contribution in [3.05, 3.63) is 71.8 Å². The summed E-state index contributed by atoms with van der Waals surface area (Å²) in [5.41, 5.74) is 3.41. The number of fused-ring (bicyclic) bond motifs is 2. The fraction of sp³-hybridized carbons (Fsp3) is 0.556. The van der Waals surface area contributed by atoms with Gasteiger partial charge in [0.15, 0.2) is 0 Å². The van der Waals surface area contributed by atoms with E-state index < -0.39 is 0 Å². The minimum absolute atomic E-state index is 0.463. The Bertz CT molecular complexity index is 715. The summed E-state index contributed by atoms with van der Waals surface area (Å²) in [6.07, 6.45) is 3.96. The van der Waals surface area contributed by atoms with Crippen molar-refractivity contribution in [1.82, 2.24) is 10.6 Å². The zero-order valence-electron chi connectivity index (χ0n) is 18.4. The van der Waals surface area contributed by atoms with Crippen LogP contribution in [0.4, 0.5) is 0 Å². The van der Waals surface area contributed by atoms with E-state index in [2.05, 4.69) is 92.1 Å². The predicted molar refractivity (Wildman–Crippen MR) is 123 cm³/mol. The molecule has 0 heterocycles. The molecule has 0 aliphatic heterocycles. The summed E-state index contributed by atoms with van der Waals surface area (Å²) in [6.45, 7) is 10.6. The first-order valence-electron chi connectivity index (χ1n) is 11.6. The molecule has 3 saturated carbocycles. The van der Waals surface area contributed by atoms with Crippen molar-refractivity contribution >= 4 is 0 Å². The molecule has 0 radical (unpaired) electrons. The maximum absolute atomic E-state index is 3.86. The topological polar surface area (TPSA) is 24.1 Å². The van der Waals surface area contributed by atoms with E-state index in [1.165, 1.54) is 24.0 Å². The summed E-state index contributed by atoms with van der Waals surface area (Å²) < 4.78 is 0. The number of hydrogen-bond acceptors (Lipinski definition) is 2. The second-order valence-electron chi connectivity index (χ2n) is 9.93. The third-order valence-corrected chi connectivity index (χ3v) is 8.08. The van der Waals surface area contributed by atoms with E-state index in [-0.39, 0.29) is 0 Å². The van der Waals surface area contributed by atoms with E-state index in [1.807, 2.05) is 0 Å². The van der Waals surface area contributed by atoms with Gasteiger partial charge in [-0.25, -0.2) is 0 Å². The van der Waals surface area contributed by atoms with Gasteiger partial charge in [-0.2, -0.15) is 0 Å². The molecule has 3 fully saturated rings. The summed E-state index contributed by atoms with van der Waals surface area (Å²) in [4.78, 5) is 0. The highest BCUT2D eigenvalue weighted by Gasteiger charge is 2.55. The Morgan fingerprint density at radius 2 is 1.48 bits per heavy atom. The molecule has 5 rings (SSSR count). The van der Waals surface area contributed by atoms with Gasteiger partial charge in [0.1, 0.15) is 0 Å². The van der Waals surface area contributed by atoms with Gasteiger partial charge in [0, 0.05) is 25.0 Å². The van der Waals surface area contributed by atoms with Gasteiger partial charge in [0.25, 0.3) is 0 Å². The highest BCUT2D eigenvalue weighted by molar-refractivity contribution is 5.32. The molecule has 0 aromatic heterocycles. The van der Waals surface area contributed by atoms with Crippen LogP contribution in [0.15, 0.2) is 60.7 Å². The zero-order chi connectivity index (χ0) is 20.3. The Labute approximate surface area is 177 Å². The minimum atomic E-state index is 0.463. The van der Waals surface area contributed by atoms with Crippen molar-refractivity contribution < 1.29 is 0 Å². The van der Waals surface area contributed by atoms with Crippen LogP contribution in [-0.2, 0) is 0 Å². The minimum Gasteiger partial charge on any atom is -0.315 e. The third kappa shape index (κ3) is 4.44. The number of benzene rings is 2. The van der Waals surface area contributed by atoms with Crippen molar-refractivity contribution in [3.8, 4) is 0 Å². The van der Waals surface area contributed by atoms with Gasteiger partial charge in [-0.1, -0.05) is 81.4 Å². The maximum atomic E-state index is 3.86. The lowest BCUT2D eigenvalue weighted by molar-refractivity contribution is -0.114. The molecule has 29 heavy (non-hydrogen) atoms. The molecular weight excluding hydrogens is 352 g/mol. The quantitative estimate of drug-likeness (QED) is 0.556. The first-order valence-corrected chi connectivity index (χ1v) is 11.6. The van der Waals surface area contributed by atoms with Gasteiger partial charge in [-0.15, -0.1) is 0 Å². The number of nitrogens with one attached hydrogen (secondary N) is 2. The van der Waals surface area contributed by atoms with Crippen LogP contribution in [0.3, 0.4) is 0 Å². The summed E-state index contributed by atoms with van der Waals surface area (Å²) in [7, 11) is 0. The standard InChI is InChI=1S/C27H38N2/c1-20-25-18-23(27(25,2)3)19-26(20)29-17-16-28-15-14-24(21-10-6-4-7-11-21)22-12-8-5-9-13-22/h4-13,20,23-26,28-29H,14-19H2,1-3H3/t20-,23-,25?,26-/m1/s1. The molecule has 1 unspecified atom stereocenters. The smallest absolute Gasteiger partial charge is 0.0101 e. The Morgan fingerprint density at radius 3 is 2.03 bits per heavy atom. The van der Waals surface area contributed by atoms with Crippen LogP contribution in [-0.4, -0.2) is 25.7 Å². The van der Waals surface area contributed by atoms with E-state index in [0.29, 0.717) is 11.3 Å². The highest BCUT2D eigenvalue weighted by Crippen LogP contribution is 2.61. The molecular formula is C27H38N2. The predicted octanol–water partition coefficient (Wildman–Crippen LogP) is 5.46. The van der Waals surface area contributed by atoms with E-state index in [4.69, 9.17) is 0 Å². The van der Waals surface area contributed by atoms with Crippen molar-refractivity contribution in [2.45, 2.75) is 52.0 Å². The summed E-state index contributed by atoms with van der Waals surface area (Å²) >= 11 is 0. The van der Waals surface area contributed by atoms with Crippen LogP contribution >= 0.6 is 0 Å². The fourth-order valence-electron chi connectivity index (χ4n) is 6.03. The van der Waals surface area contributed by atoms with E-state index >= 15 is 0 Å². The highest BCUT2D eigenvalue weighted by atomic mass is 15.0. The van der Waals surface area contributed by atoms with E-state index in [0.717, 1.165) is 49.9 Å². The second kappa shape index (κ2) is 9.02. The van der Waals surface area contributed by atoms with Crippen molar-refractivity contribution in [2.75, 3.05) is 19.6 Å². The lowest BCUT2D eigenvalue weighted by Gasteiger charge is -2.62. The molecule has 2 heteroatoms. The summed E-state index contributed by atoms with van der Waals surface area (Å²) in [5, 5.41) is 7.54. The second-order valence-corrected chi connectivity index (χ2v) is 9.93. The van der Waals surface area contributed by atoms with Gasteiger partial charge in [0.2, 0.25) is 0 Å². The van der Waals surface area contributed by atoms with Crippen LogP contribution in [0, 0.1) is 23.2 Å². The van der Waals surface area contributed by atoms with Gasteiger partial charge in [-0.3, -0.25) is 0 Å². The molecule has 2 aromatic carbocycles. The van der Waals surface area contributed by atoms with Crippen LogP contribution in [0.1, 0.15) is 57.1 Å². The lowest BCUT2D eigenvalue weighted by Crippen LogP contribution is -2.60. The van der Waals surface area contributed by atoms with Gasteiger partial charge >= 0.3 is 0 Å². The van der Waals surface area contributed by atoms with Crippen LogP contribution in [0.2, 0.25) is 0 Å². The molecule has 0 saturated heterocycles. The number of hydrogen-bond donors (Lipinski definition) is 2. The molecule has 3 aliphatic carbocycles. The third-order valence-electron chi connectivity index (χ3n) is 8.08. The Morgan fingerprint density at radius 1 is 0.862 bits per heavy atom. The molecule has 2 bridgehead atoms. The van der Waals surface area contributed by atoms with E-state index in [9.17, 15) is 0 Å². The Hall–Kier alpha value is -1.64.